The number of nitrogens with zero attached hydrogens (tertiary/aromatic N) is 1. The van der Waals surface area contributed by atoms with Gasteiger partial charge in [-0.05, 0) is 6.07 Å². The molecule has 0 radical (unpaired) electrons. The predicted octanol–water partition coefficient (Wildman–Crippen LogP) is 2.17. The van der Waals surface area contributed by atoms with Crippen LogP contribution in [-0.4, -0.2) is 11.1 Å². The third-order valence-electron chi connectivity index (χ3n) is 1.45. The van der Waals surface area contributed by atoms with E-state index in [0.29, 0.717) is 0 Å². The van der Waals surface area contributed by atoms with E-state index in [9.17, 15) is 23.3 Å². The van der Waals surface area contributed by atoms with Crippen molar-refractivity contribution < 1.29 is 22.5 Å². The molecule has 86 valence electrons. The molecule has 1 rings (SSSR count). The van der Waals surface area contributed by atoms with Crippen molar-refractivity contribution in [2.75, 3.05) is 0 Å². The van der Waals surface area contributed by atoms with Gasteiger partial charge in [0, 0.05) is 0 Å². The number of hydrogen-bond donors (Lipinski definition) is 1. The van der Waals surface area contributed by atoms with Gasteiger partial charge in [-0.3, -0.25) is 10.1 Å². The van der Waals surface area contributed by atoms with Crippen LogP contribution in [0.15, 0.2) is 16.5 Å². The van der Waals surface area contributed by atoms with Crippen molar-refractivity contribution in [1.29, 1.82) is 0 Å². The molecule has 1 heterocycles. The zero-order valence-corrected chi connectivity index (χ0v) is 7.84. The number of halogens is 4. The minimum absolute atomic E-state index is 0. The monoisotopic (exact) mass is 246 g/mol. The van der Waals surface area contributed by atoms with Crippen LogP contribution >= 0.6 is 12.4 Å². The van der Waals surface area contributed by atoms with Crippen LogP contribution in [0.4, 0.5) is 19.1 Å². The zero-order valence-electron chi connectivity index (χ0n) is 7.02. The van der Waals surface area contributed by atoms with Crippen LogP contribution in [0.25, 0.3) is 0 Å². The molecule has 1 aromatic rings. The second-order valence-corrected chi connectivity index (χ2v) is 2.45. The van der Waals surface area contributed by atoms with Crippen molar-refractivity contribution in [2.45, 2.75) is 12.2 Å². The highest BCUT2D eigenvalue weighted by Crippen LogP contribution is 2.32. The van der Waals surface area contributed by atoms with E-state index < -0.39 is 28.8 Å². The lowest BCUT2D eigenvalue weighted by Gasteiger charge is -2.11. The molecular weight excluding hydrogens is 241 g/mol. The van der Waals surface area contributed by atoms with Crippen molar-refractivity contribution in [3.63, 3.8) is 0 Å². The van der Waals surface area contributed by atoms with E-state index in [0.717, 1.165) is 12.1 Å². The van der Waals surface area contributed by atoms with Crippen molar-refractivity contribution in [1.82, 2.24) is 0 Å². The largest absolute Gasteiger partial charge is 0.433 e. The van der Waals surface area contributed by atoms with Crippen LogP contribution in [0.1, 0.15) is 11.8 Å². The smallest absolute Gasteiger partial charge is 0.404 e. The summed E-state index contributed by atoms with van der Waals surface area (Å²) in [6.45, 7) is 0. The third kappa shape index (κ3) is 3.10. The highest BCUT2D eigenvalue weighted by molar-refractivity contribution is 5.85. The summed E-state index contributed by atoms with van der Waals surface area (Å²) in [5, 5.41) is 10.1. The van der Waals surface area contributed by atoms with Crippen LogP contribution < -0.4 is 5.73 Å². The van der Waals surface area contributed by atoms with Crippen LogP contribution in [-0.2, 0) is 0 Å². The Morgan fingerprint density at radius 3 is 2.33 bits per heavy atom. The van der Waals surface area contributed by atoms with Crippen LogP contribution in [0.3, 0.4) is 0 Å². The summed E-state index contributed by atoms with van der Waals surface area (Å²) in [6, 6.07) is -0.687. The van der Waals surface area contributed by atoms with Gasteiger partial charge >= 0.3 is 12.1 Å². The number of alkyl halides is 3. The Morgan fingerprint density at radius 2 is 2.00 bits per heavy atom. The summed E-state index contributed by atoms with van der Waals surface area (Å²) in [4.78, 5) is 9.14. The molecule has 0 aliphatic heterocycles. The van der Waals surface area contributed by atoms with Crippen LogP contribution in [0, 0.1) is 10.1 Å². The molecular formula is C6H6ClF3N2O3. The maximum Gasteiger partial charge on any atom is 0.433 e. The van der Waals surface area contributed by atoms with Crippen LogP contribution in [0.2, 0.25) is 0 Å². The second-order valence-electron chi connectivity index (χ2n) is 2.45. The Bertz CT molecular complexity index is 352. The lowest BCUT2D eigenvalue weighted by atomic mass is 10.2. The topological polar surface area (TPSA) is 82.3 Å². The molecule has 0 bridgehead atoms. The molecule has 0 saturated heterocycles. The summed E-state index contributed by atoms with van der Waals surface area (Å²) in [5.74, 6) is -1.44. The lowest BCUT2D eigenvalue weighted by Crippen LogP contribution is -2.27. The lowest BCUT2D eigenvalue weighted by molar-refractivity contribution is -0.402. The highest BCUT2D eigenvalue weighted by atomic mass is 35.5. The maximum atomic E-state index is 12.0. The van der Waals surface area contributed by atoms with Gasteiger partial charge in [-0.15, -0.1) is 12.4 Å². The summed E-state index contributed by atoms with van der Waals surface area (Å²) < 4.78 is 40.3. The van der Waals surface area contributed by atoms with Gasteiger partial charge in [0.2, 0.25) is 0 Å². The van der Waals surface area contributed by atoms with Crippen molar-refractivity contribution in [3.05, 3.63) is 28.0 Å². The number of furan rings is 1. The molecule has 0 aromatic carbocycles. The Balaban J connectivity index is 0.00000196. The Kier molecular flexibility index (Phi) is 4.11. The standard InChI is InChI=1S/C6H5F3N2O3.ClH/c7-6(8,9)5(10)3-1-2-4(14-3)11(12)13;/h1-2,5H,10H2;1H/t5-;/m1./s1. The van der Waals surface area contributed by atoms with Gasteiger partial charge in [0.1, 0.15) is 10.7 Å². The van der Waals surface area contributed by atoms with Gasteiger partial charge in [0.05, 0.1) is 6.07 Å². The minimum atomic E-state index is -4.67. The predicted molar refractivity (Wildman–Crippen MR) is 45.6 cm³/mol. The minimum Gasteiger partial charge on any atom is -0.404 e. The molecule has 0 spiro atoms. The summed E-state index contributed by atoms with van der Waals surface area (Å²) in [7, 11) is 0. The molecule has 2 N–H and O–H groups in total. The SMILES string of the molecule is Cl.N[C@H](c1ccc([N+](=O)[O-])o1)C(F)(F)F. The molecule has 5 nitrogen and oxygen atoms in total. The molecule has 1 aromatic heterocycles. The molecule has 0 aliphatic rings. The number of nitro groups is 1. The fourth-order valence-electron chi connectivity index (χ4n) is 0.769. The third-order valence-corrected chi connectivity index (χ3v) is 1.45. The summed E-state index contributed by atoms with van der Waals surface area (Å²) >= 11 is 0. The van der Waals surface area contributed by atoms with Gasteiger partial charge in [0.25, 0.3) is 0 Å². The average molecular weight is 247 g/mol. The fourth-order valence-corrected chi connectivity index (χ4v) is 0.769. The van der Waals surface area contributed by atoms with Gasteiger partial charge in [0.15, 0.2) is 6.04 Å². The van der Waals surface area contributed by atoms with Crippen molar-refractivity contribution >= 4 is 18.3 Å². The van der Waals surface area contributed by atoms with Gasteiger partial charge < -0.3 is 10.2 Å². The summed E-state index contributed by atoms with van der Waals surface area (Å²) in [6.07, 6.45) is -4.67. The quantitative estimate of drug-likeness (QED) is 0.640. The summed E-state index contributed by atoms with van der Waals surface area (Å²) in [5.41, 5.74) is 4.74. The van der Waals surface area contributed by atoms with Crippen molar-refractivity contribution in [2.24, 2.45) is 5.73 Å². The van der Waals surface area contributed by atoms with Gasteiger partial charge in [-0.1, -0.05) is 0 Å². The van der Waals surface area contributed by atoms with Crippen molar-refractivity contribution in [3.8, 4) is 0 Å². The highest BCUT2D eigenvalue weighted by Gasteiger charge is 2.40. The molecule has 9 heteroatoms. The van der Waals surface area contributed by atoms with Gasteiger partial charge in [-0.2, -0.15) is 13.2 Å². The Labute approximate surface area is 87.6 Å². The second kappa shape index (κ2) is 4.49. The van der Waals surface area contributed by atoms with E-state index in [1.54, 1.807) is 0 Å². The van der Waals surface area contributed by atoms with E-state index in [1.165, 1.54) is 0 Å². The molecule has 0 saturated carbocycles. The normalized spacial score (nSPS) is 13.1. The molecule has 0 fully saturated rings. The molecule has 15 heavy (non-hydrogen) atoms. The van der Waals surface area contributed by atoms with E-state index >= 15 is 0 Å². The molecule has 0 unspecified atom stereocenters. The zero-order chi connectivity index (χ0) is 10.9. The first-order valence-electron chi connectivity index (χ1n) is 3.39. The van der Waals surface area contributed by atoms with Crippen LogP contribution in [0.5, 0.6) is 0 Å². The molecule has 0 amide bonds. The first kappa shape index (κ1) is 13.7. The fraction of sp³-hybridized carbons (Fsp3) is 0.333. The molecule has 1 atom stereocenters. The number of nitrogens with two attached hydrogens (primary N) is 1. The Hall–Kier alpha value is -1.28. The molecule has 0 aliphatic carbocycles. The average Bonchev–Trinajstić information content (AvgIpc) is 2.48. The Morgan fingerprint density at radius 1 is 1.47 bits per heavy atom. The van der Waals surface area contributed by atoms with E-state index in [4.69, 9.17) is 5.73 Å². The number of rotatable bonds is 2. The van der Waals surface area contributed by atoms with Gasteiger partial charge in [-0.25, -0.2) is 0 Å². The van der Waals surface area contributed by atoms with E-state index in [1.807, 2.05) is 0 Å². The van der Waals surface area contributed by atoms with E-state index in [2.05, 4.69) is 4.42 Å². The first-order valence-corrected chi connectivity index (χ1v) is 3.39. The number of hydrogen-bond acceptors (Lipinski definition) is 4. The maximum absolute atomic E-state index is 12.0. The first-order chi connectivity index (χ1) is 6.32. The van der Waals surface area contributed by atoms with E-state index in [-0.39, 0.29) is 12.4 Å².